The number of nitrogens with one attached hydrogen (secondary N) is 1. The summed E-state index contributed by atoms with van der Waals surface area (Å²) < 4.78 is 72.3. The van der Waals surface area contributed by atoms with Gasteiger partial charge in [-0.2, -0.15) is 8.78 Å². The molecular formula is C29H30Cl2F2N2O8S. The van der Waals surface area contributed by atoms with Crippen LogP contribution in [0.3, 0.4) is 0 Å². The summed E-state index contributed by atoms with van der Waals surface area (Å²) in [6.45, 7) is 1.69. The maximum absolute atomic E-state index is 13.1. The summed E-state index contributed by atoms with van der Waals surface area (Å²) in [6, 6.07) is 6.51. The number of sulfonamides is 1. The van der Waals surface area contributed by atoms with E-state index in [1.54, 1.807) is 13.0 Å². The third-order valence-electron chi connectivity index (χ3n) is 6.01. The fourth-order valence-corrected chi connectivity index (χ4v) is 4.64. The van der Waals surface area contributed by atoms with Gasteiger partial charge in [-0.05, 0) is 61.1 Å². The van der Waals surface area contributed by atoms with E-state index in [2.05, 4.69) is 21.0 Å². The van der Waals surface area contributed by atoms with Crippen LogP contribution in [-0.2, 0) is 24.3 Å². The number of rotatable bonds is 16. The quantitative estimate of drug-likeness (QED) is 0.157. The highest BCUT2D eigenvalue weighted by Gasteiger charge is 2.26. The number of anilines is 1. The van der Waals surface area contributed by atoms with Crippen LogP contribution in [0, 0.1) is 5.92 Å². The van der Waals surface area contributed by atoms with Gasteiger partial charge in [-0.15, -0.1) is 0 Å². The molecule has 3 rings (SSSR count). The van der Waals surface area contributed by atoms with Gasteiger partial charge < -0.3 is 18.9 Å². The number of benzene rings is 1. The van der Waals surface area contributed by atoms with E-state index in [1.165, 1.54) is 36.5 Å². The highest BCUT2D eigenvalue weighted by Crippen LogP contribution is 2.39. The van der Waals surface area contributed by atoms with Crippen LogP contribution >= 0.6 is 23.2 Å². The van der Waals surface area contributed by atoms with Gasteiger partial charge in [-0.25, -0.2) is 23.0 Å². The minimum atomic E-state index is -3.65. The van der Waals surface area contributed by atoms with Crippen molar-refractivity contribution in [2.45, 2.75) is 38.9 Å². The molecule has 1 heterocycles. The summed E-state index contributed by atoms with van der Waals surface area (Å²) in [6.07, 6.45) is 5.77. The molecule has 0 amide bonds. The summed E-state index contributed by atoms with van der Waals surface area (Å²) in [5, 5.41) is 0.432. The van der Waals surface area contributed by atoms with Gasteiger partial charge in [-0.3, -0.25) is 4.72 Å². The van der Waals surface area contributed by atoms with Crippen molar-refractivity contribution in [1.29, 1.82) is 0 Å². The molecule has 44 heavy (non-hydrogen) atoms. The first-order chi connectivity index (χ1) is 20.8. The lowest BCUT2D eigenvalue weighted by atomic mass is 9.99. The molecule has 1 fully saturated rings. The number of halogens is 4. The van der Waals surface area contributed by atoms with Crippen LogP contribution in [-0.4, -0.2) is 51.4 Å². The second-order valence-corrected chi connectivity index (χ2v) is 12.1. The molecule has 0 aliphatic heterocycles. The van der Waals surface area contributed by atoms with Gasteiger partial charge in [0, 0.05) is 22.7 Å². The highest BCUT2D eigenvalue weighted by molar-refractivity contribution is 7.92. The molecule has 0 unspecified atom stereocenters. The van der Waals surface area contributed by atoms with E-state index < -0.39 is 41.3 Å². The number of esters is 2. The first-order valence-corrected chi connectivity index (χ1v) is 15.8. The predicted octanol–water partition coefficient (Wildman–Crippen LogP) is 6.50. The minimum absolute atomic E-state index is 0.0239. The van der Waals surface area contributed by atoms with E-state index in [0.29, 0.717) is 17.1 Å². The minimum Gasteiger partial charge on any atom is -0.489 e. The van der Waals surface area contributed by atoms with Gasteiger partial charge in [0.25, 0.3) is 0 Å². The van der Waals surface area contributed by atoms with Crippen LogP contribution < -0.4 is 14.2 Å². The number of hydrogen-bond donors (Lipinski definition) is 1. The van der Waals surface area contributed by atoms with Crippen LogP contribution in [0.25, 0.3) is 0 Å². The number of pyridine rings is 1. The third-order valence-corrected chi connectivity index (χ3v) is 7.41. The Bertz CT molecular complexity index is 1550. The largest absolute Gasteiger partial charge is 0.489 e. The number of nitrogens with zero attached hydrogens (tertiary/aromatic N) is 1. The first-order valence-electron chi connectivity index (χ1n) is 13.1. The van der Waals surface area contributed by atoms with Crippen LogP contribution in [0.2, 0.25) is 0 Å². The Kier molecular flexibility index (Phi) is 12.6. The predicted molar refractivity (Wildman–Crippen MR) is 160 cm³/mol. The van der Waals surface area contributed by atoms with Crippen molar-refractivity contribution < 1.29 is 45.7 Å². The second-order valence-electron chi connectivity index (χ2n) is 9.57. The number of allylic oxidation sites excluding steroid dienone is 4. The number of aromatic nitrogens is 1. The van der Waals surface area contributed by atoms with Crippen molar-refractivity contribution in [2.24, 2.45) is 5.92 Å². The molecule has 1 aliphatic rings. The Hall–Kier alpha value is -3.68. The molecule has 2 aromatic rings. The SMILES string of the molecule is C=C/C(Cl)=C(C[C@H](OC(=O)COC(=O)c1ccnc(NS(C)(=O)=O)c1)c1ccc(OC(F)F)c(OCC2CC2)c1)\C(Cl)=C/C. The second kappa shape index (κ2) is 15.9. The lowest BCUT2D eigenvalue weighted by Gasteiger charge is -2.22. The summed E-state index contributed by atoms with van der Waals surface area (Å²) in [5.41, 5.74) is 0.622. The zero-order valence-electron chi connectivity index (χ0n) is 23.7. The van der Waals surface area contributed by atoms with Crippen molar-refractivity contribution in [2.75, 3.05) is 24.2 Å². The average molecular weight is 676 g/mol. The molecule has 1 aromatic carbocycles. The molecule has 0 spiro atoms. The zero-order chi connectivity index (χ0) is 32.4. The van der Waals surface area contributed by atoms with Gasteiger partial charge in [0.2, 0.25) is 10.0 Å². The Morgan fingerprint density at radius 1 is 1.18 bits per heavy atom. The van der Waals surface area contributed by atoms with Gasteiger partial charge >= 0.3 is 18.6 Å². The van der Waals surface area contributed by atoms with E-state index in [-0.39, 0.29) is 46.0 Å². The molecule has 1 N–H and O–H groups in total. The van der Waals surface area contributed by atoms with Crippen LogP contribution in [0.4, 0.5) is 14.6 Å². The maximum Gasteiger partial charge on any atom is 0.387 e. The standard InChI is InChI=1S/C29H30Cl2F2N2O8S/c1-4-21(30)20(22(31)5-2)14-24(18-8-9-23(43-29(32)33)25(12-18)40-15-17-6-7-17)42-27(36)16-41-28(37)19-10-11-34-26(13-19)35-44(3,38)39/h4-5,8-13,17,24,29H,1,6-7,14-16H2,2-3H3,(H,34,35)/b21-20+,22-5+/t24-/m0/s1. The number of carbonyl (C=O) groups is 2. The lowest BCUT2D eigenvalue weighted by Crippen LogP contribution is -2.20. The number of hydrogen-bond acceptors (Lipinski definition) is 9. The first kappa shape index (κ1) is 34.8. The molecule has 0 saturated heterocycles. The van der Waals surface area contributed by atoms with E-state index in [0.717, 1.165) is 25.2 Å². The fourth-order valence-electron chi connectivity index (χ4n) is 3.75. The smallest absolute Gasteiger partial charge is 0.387 e. The molecule has 1 saturated carbocycles. The van der Waals surface area contributed by atoms with E-state index in [1.807, 2.05) is 0 Å². The zero-order valence-corrected chi connectivity index (χ0v) is 26.1. The fraction of sp³-hybridized carbons (Fsp3) is 0.345. The highest BCUT2D eigenvalue weighted by atomic mass is 35.5. The molecule has 1 atom stereocenters. The third kappa shape index (κ3) is 11.1. The molecule has 238 valence electrons. The van der Waals surface area contributed by atoms with Gasteiger partial charge in [0.05, 0.1) is 18.4 Å². The summed E-state index contributed by atoms with van der Waals surface area (Å²) >= 11 is 12.7. The monoisotopic (exact) mass is 674 g/mol. The summed E-state index contributed by atoms with van der Waals surface area (Å²) in [4.78, 5) is 29.3. The van der Waals surface area contributed by atoms with Crippen molar-refractivity contribution in [3.8, 4) is 11.5 Å². The lowest BCUT2D eigenvalue weighted by molar-refractivity contribution is -0.153. The Morgan fingerprint density at radius 2 is 1.91 bits per heavy atom. The number of alkyl halides is 2. The molecule has 0 bridgehead atoms. The van der Waals surface area contributed by atoms with Crippen molar-refractivity contribution in [3.63, 3.8) is 0 Å². The van der Waals surface area contributed by atoms with Crippen LogP contribution in [0.15, 0.2) is 70.9 Å². The Morgan fingerprint density at radius 3 is 2.52 bits per heavy atom. The molecule has 15 heteroatoms. The normalized spacial score (nSPS) is 14.8. The Balaban J connectivity index is 1.85. The van der Waals surface area contributed by atoms with Crippen molar-refractivity contribution in [1.82, 2.24) is 4.98 Å². The maximum atomic E-state index is 13.1. The van der Waals surface area contributed by atoms with Crippen LogP contribution in [0.5, 0.6) is 11.5 Å². The molecule has 0 radical (unpaired) electrons. The number of ether oxygens (including phenoxy) is 4. The molecule has 1 aromatic heterocycles. The molecular weight excluding hydrogens is 645 g/mol. The topological polar surface area (TPSA) is 130 Å². The van der Waals surface area contributed by atoms with Crippen molar-refractivity contribution in [3.05, 3.63) is 82.0 Å². The summed E-state index contributed by atoms with van der Waals surface area (Å²) in [7, 11) is -3.65. The van der Waals surface area contributed by atoms with Gasteiger partial charge in [0.15, 0.2) is 18.1 Å². The van der Waals surface area contributed by atoms with Gasteiger partial charge in [-0.1, -0.05) is 48.0 Å². The van der Waals surface area contributed by atoms with E-state index >= 15 is 0 Å². The molecule has 10 nitrogen and oxygen atoms in total. The van der Waals surface area contributed by atoms with E-state index in [4.69, 9.17) is 37.4 Å². The summed E-state index contributed by atoms with van der Waals surface area (Å²) in [5.74, 6) is -1.91. The van der Waals surface area contributed by atoms with E-state index in [9.17, 15) is 26.8 Å². The Labute approximate surface area is 263 Å². The molecule has 1 aliphatic carbocycles. The van der Waals surface area contributed by atoms with Gasteiger partial charge in [0.1, 0.15) is 11.9 Å². The van der Waals surface area contributed by atoms with Crippen molar-refractivity contribution >= 4 is 51.0 Å². The number of carbonyl (C=O) groups excluding carboxylic acids is 2. The average Bonchev–Trinajstić information content (AvgIpc) is 3.80. The van der Waals surface area contributed by atoms with Crippen LogP contribution in [0.1, 0.15) is 48.2 Å².